The molecule has 0 unspecified atom stereocenters. The van der Waals surface area contributed by atoms with E-state index in [-0.39, 0.29) is 24.1 Å². The van der Waals surface area contributed by atoms with Gasteiger partial charge in [-0.2, -0.15) is 0 Å². The van der Waals surface area contributed by atoms with Gasteiger partial charge in [-0.3, -0.25) is 4.90 Å². The van der Waals surface area contributed by atoms with E-state index in [1.165, 1.54) is 12.1 Å². The Balaban J connectivity index is 1.70. The first-order valence-electron chi connectivity index (χ1n) is 8.84. The quantitative estimate of drug-likeness (QED) is 0.559. The first-order valence-corrected chi connectivity index (χ1v) is 10.3. The normalized spacial score (nSPS) is 31.3. The minimum atomic E-state index is -3.65. The topological polar surface area (TPSA) is 102 Å². The van der Waals surface area contributed by atoms with Gasteiger partial charge in [0.15, 0.2) is 0 Å². The van der Waals surface area contributed by atoms with Crippen LogP contribution in [0.25, 0.3) is 0 Å². The molecule has 2 aliphatic heterocycles. The van der Waals surface area contributed by atoms with Gasteiger partial charge in [0.25, 0.3) is 0 Å². The maximum Gasteiger partial charge on any atom is 0.240 e. The minimum Gasteiger partial charge on any atom is -0.394 e. The van der Waals surface area contributed by atoms with Crippen LogP contribution in [0.2, 0.25) is 0 Å². The monoisotopic (exact) mass is 385 g/mol. The molecule has 0 saturated carbocycles. The van der Waals surface area contributed by atoms with Crippen LogP contribution in [-0.2, 0) is 14.8 Å². The molecular formula is C17H27N3O5S. The fourth-order valence-corrected chi connectivity index (χ4v) is 4.66. The lowest BCUT2D eigenvalue weighted by molar-refractivity contribution is -0.0201. The van der Waals surface area contributed by atoms with E-state index in [1.807, 2.05) is 7.05 Å². The first-order chi connectivity index (χ1) is 12.4. The van der Waals surface area contributed by atoms with Gasteiger partial charge in [0.2, 0.25) is 10.0 Å². The Bertz CT molecular complexity index is 679. The molecule has 3 rings (SSSR count). The number of aliphatic hydroxyl groups is 2. The molecule has 0 aromatic heterocycles. The molecule has 4 atom stereocenters. The molecule has 26 heavy (non-hydrogen) atoms. The summed E-state index contributed by atoms with van der Waals surface area (Å²) in [5, 5.41) is 20.0. The van der Waals surface area contributed by atoms with Crippen molar-refractivity contribution in [2.24, 2.45) is 0 Å². The fourth-order valence-electron chi connectivity index (χ4n) is 3.59. The number of aliphatic hydroxyl groups excluding tert-OH is 2. The van der Waals surface area contributed by atoms with Gasteiger partial charge in [-0.25, -0.2) is 13.1 Å². The average molecular weight is 385 g/mol. The zero-order valence-electron chi connectivity index (χ0n) is 14.9. The van der Waals surface area contributed by atoms with Crippen LogP contribution in [0.3, 0.4) is 0 Å². The Morgan fingerprint density at radius 1 is 1.15 bits per heavy atom. The summed E-state index contributed by atoms with van der Waals surface area (Å²) in [7, 11) is -1.61. The fraction of sp³-hybridized carbons (Fsp3) is 0.647. The van der Waals surface area contributed by atoms with Crippen LogP contribution in [0.4, 0.5) is 0 Å². The molecule has 0 aliphatic carbocycles. The molecule has 0 spiro atoms. The Morgan fingerprint density at radius 2 is 1.81 bits per heavy atom. The van der Waals surface area contributed by atoms with Crippen molar-refractivity contribution >= 4 is 10.0 Å². The molecule has 146 valence electrons. The Hall–Kier alpha value is -1.07. The largest absolute Gasteiger partial charge is 0.394 e. The second-order valence-electron chi connectivity index (χ2n) is 6.88. The Labute approximate surface area is 154 Å². The van der Waals surface area contributed by atoms with Crippen LogP contribution in [0.5, 0.6) is 0 Å². The summed E-state index contributed by atoms with van der Waals surface area (Å²) in [6.07, 6.45) is -2.08. The van der Waals surface area contributed by atoms with E-state index in [1.54, 1.807) is 18.2 Å². The smallest absolute Gasteiger partial charge is 0.240 e. The zero-order chi connectivity index (χ0) is 18.7. The van der Waals surface area contributed by atoms with Crippen molar-refractivity contribution in [1.82, 2.24) is 14.5 Å². The molecule has 2 heterocycles. The molecule has 2 aliphatic rings. The predicted molar refractivity (Wildman–Crippen MR) is 96.2 cm³/mol. The maximum absolute atomic E-state index is 12.4. The van der Waals surface area contributed by atoms with Gasteiger partial charge in [-0.15, -0.1) is 0 Å². The van der Waals surface area contributed by atoms with Gasteiger partial charge in [-0.05, 0) is 19.2 Å². The van der Waals surface area contributed by atoms with Gasteiger partial charge >= 0.3 is 0 Å². The number of benzene rings is 1. The van der Waals surface area contributed by atoms with Crippen molar-refractivity contribution in [2.75, 3.05) is 46.4 Å². The lowest BCUT2D eigenvalue weighted by Crippen LogP contribution is -2.56. The average Bonchev–Trinajstić information content (AvgIpc) is 2.97. The van der Waals surface area contributed by atoms with Gasteiger partial charge < -0.3 is 19.8 Å². The summed E-state index contributed by atoms with van der Waals surface area (Å²) in [6.45, 7) is 3.02. The number of nitrogens with zero attached hydrogens (tertiary/aromatic N) is 2. The molecule has 2 saturated heterocycles. The van der Waals surface area contributed by atoms with Crippen molar-refractivity contribution in [3.63, 3.8) is 0 Å². The molecule has 8 nitrogen and oxygen atoms in total. The van der Waals surface area contributed by atoms with E-state index < -0.39 is 28.3 Å². The van der Waals surface area contributed by atoms with E-state index in [4.69, 9.17) is 4.74 Å². The number of ether oxygens (including phenoxy) is 1. The summed E-state index contributed by atoms with van der Waals surface area (Å²) < 4.78 is 33.2. The number of hydrogen-bond acceptors (Lipinski definition) is 7. The highest BCUT2D eigenvalue weighted by Crippen LogP contribution is 2.26. The SMILES string of the molecule is CN1CCN([C@@H]2[C@H](O)[C@H](CO)O[C@@H]2CNS(=O)(=O)c2ccccc2)CC1. The summed E-state index contributed by atoms with van der Waals surface area (Å²) in [5.74, 6) is 0. The number of rotatable bonds is 6. The molecule has 2 fully saturated rings. The third-order valence-corrected chi connectivity index (χ3v) is 6.57. The molecular weight excluding hydrogens is 358 g/mol. The second kappa shape index (κ2) is 8.30. The summed E-state index contributed by atoms with van der Waals surface area (Å²) in [5.41, 5.74) is 0. The van der Waals surface area contributed by atoms with E-state index in [9.17, 15) is 18.6 Å². The van der Waals surface area contributed by atoms with Crippen molar-refractivity contribution in [3.8, 4) is 0 Å². The number of piperazine rings is 1. The number of sulfonamides is 1. The molecule has 3 N–H and O–H groups in total. The molecule has 9 heteroatoms. The minimum absolute atomic E-state index is 0.0434. The van der Waals surface area contributed by atoms with Crippen LogP contribution in [0.15, 0.2) is 35.2 Å². The van der Waals surface area contributed by atoms with Gasteiger partial charge in [0.05, 0.1) is 23.6 Å². The lowest BCUT2D eigenvalue weighted by Gasteiger charge is -2.39. The molecule has 0 amide bonds. The predicted octanol–water partition coefficient (Wildman–Crippen LogP) is -1.30. The van der Waals surface area contributed by atoms with Crippen LogP contribution < -0.4 is 4.72 Å². The van der Waals surface area contributed by atoms with Crippen LogP contribution in [0.1, 0.15) is 0 Å². The summed E-state index contributed by atoms with van der Waals surface area (Å²) in [4.78, 5) is 4.52. The van der Waals surface area contributed by atoms with Crippen molar-refractivity contribution < 1.29 is 23.4 Å². The van der Waals surface area contributed by atoms with Crippen LogP contribution in [-0.4, -0.2) is 99.2 Å². The number of hydrogen-bond donors (Lipinski definition) is 3. The van der Waals surface area contributed by atoms with Gasteiger partial charge in [-0.1, -0.05) is 18.2 Å². The van der Waals surface area contributed by atoms with Crippen molar-refractivity contribution in [3.05, 3.63) is 30.3 Å². The van der Waals surface area contributed by atoms with Gasteiger partial charge in [0, 0.05) is 32.7 Å². The highest BCUT2D eigenvalue weighted by Gasteiger charge is 2.46. The summed E-state index contributed by atoms with van der Waals surface area (Å²) >= 11 is 0. The molecule has 1 aromatic carbocycles. The van der Waals surface area contributed by atoms with Gasteiger partial charge in [0.1, 0.15) is 12.2 Å². The second-order valence-corrected chi connectivity index (χ2v) is 8.65. The number of nitrogens with one attached hydrogen (secondary N) is 1. The zero-order valence-corrected chi connectivity index (χ0v) is 15.7. The van der Waals surface area contributed by atoms with Crippen LogP contribution in [0, 0.1) is 0 Å². The third kappa shape index (κ3) is 4.25. The number of likely N-dealkylation sites (N-methyl/N-ethyl adjacent to an activating group) is 1. The first kappa shape index (κ1) is 19.7. The molecule has 0 radical (unpaired) electrons. The van der Waals surface area contributed by atoms with E-state index in [0.29, 0.717) is 0 Å². The van der Waals surface area contributed by atoms with Crippen LogP contribution >= 0.6 is 0 Å². The standard InChI is InChI=1S/C17H27N3O5S/c1-19-7-9-20(10-8-19)16-14(25-15(12-21)17(16)22)11-18-26(23,24)13-5-3-2-4-6-13/h2-6,14-18,21-22H,7-12H2,1H3/t14-,15+,16+,17-/m1/s1. The van der Waals surface area contributed by atoms with E-state index in [2.05, 4.69) is 14.5 Å². The van der Waals surface area contributed by atoms with E-state index >= 15 is 0 Å². The van der Waals surface area contributed by atoms with E-state index in [0.717, 1.165) is 26.2 Å². The Kier molecular flexibility index (Phi) is 6.29. The Morgan fingerprint density at radius 3 is 2.42 bits per heavy atom. The highest BCUT2D eigenvalue weighted by molar-refractivity contribution is 7.89. The van der Waals surface area contributed by atoms with Crippen molar-refractivity contribution in [2.45, 2.75) is 29.2 Å². The molecule has 1 aromatic rings. The third-order valence-electron chi connectivity index (χ3n) is 5.13. The highest BCUT2D eigenvalue weighted by atomic mass is 32.2. The maximum atomic E-state index is 12.4. The molecule has 0 bridgehead atoms. The van der Waals surface area contributed by atoms with Crippen molar-refractivity contribution in [1.29, 1.82) is 0 Å². The summed E-state index contributed by atoms with van der Waals surface area (Å²) in [6, 6.07) is 7.80. The lowest BCUT2D eigenvalue weighted by atomic mass is 10.0.